The van der Waals surface area contributed by atoms with Gasteiger partial charge in [-0.2, -0.15) is 0 Å². The Labute approximate surface area is 177 Å². The van der Waals surface area contributed by atoms with Crippen LogP contribution in [0.15, 0.2) is 66.0 Å². The third-order valence-electron chi connectivity index (χ3n) is 4.03. The number of nitrogens with one attached hydrogen (secondary N) is 1. The Morgan fingerprint density at radius 2 is 1.57 bits per heavy atom. The number of ether oxygens (including phenoxy) is 1. The lowest BCUT2D eigenvalue weighted by Crippen LogP contribution is -2.45. The molecule has 0 radical (unpaired) electrons. The molecule has 0 aliphatic carbocycles. The molecule has 0 heterocycles. The minimum absolute atomic E-state index is 0.168. The van der Waals surface area contributed by atoms with Gasteiger partial charge in [-0.3, -0.25) is 4.79 Å². The van der Waals surface area contributed by atoms with E-state index >= 15 is 0 Å². The zero-order valence-electron chi connectivity index (χ0n) is 16.5. The van der Waals surface area contributed by atoms with Gasteiger partial charge in [-0.25, -0.2) is 0 Å². The van der Waals surface area contributed by atoms with E-state index in [2.05, 4.69) is 21.8 Å². The molecule has 1 amide bonds. The molecule has 160 valence electrons. The van der Waals surface area contributed by atoms with Gasteiger partial charge in [-0.15, -0.1) is 13.2 Å². The predicted octanol–water partition coefficient (Wildman–Crippen LogP) is 5.70. The van der Waals surface area contributed by atoms with Crippen molar-refractivity contribution in [2.45, 2.75) is 32.7 Å². The van der Waals surface area contributed by atoms with Crippen molar-refractivity contribution in [2.75, 3.05) is 0 Å². The fourth-order valence-electron chi connectivity index (χ4n) is 2.22. The highest BCUT2D eigenvalue weighted by Crippen LogP contribution is 2.23. The zero-order chi connectivity index (χ0) is 22.5. The van der Waals surface area contributed by atoms with E-state index in [9.17, 15) is 18.0 Å². The van der Waals surface area contributed by atoms with Crippen LogP contribution in [-0.4, -0.2) is 23.5 Å². The Morgan fingerprint density at radius 1 is 1.03 bits per heavy atom. The topological polar surface area (TPSA) is 59.9 Å². The van der Waals surface area contributed by atoms with Crippen molar-refractivity contribution >= 4 is 23.2 Å². The van der Waals surface area contributed by atoms with Gasteiger partial charge in [0.2, 0.25) is 0 Å². The summed E-state index contributed by atoms with van der Waals surface area (Å²) in [6.45, 7) is 8.80. The molecule has 0 aromatic heterocycles. The Balaban J connectivity index is 2.00. The molecule has 0 fully saturated rings. The summed E-state index contributed by atoms with van der Waals surface area (Å²) in [5, 5.41) is 7.24. The second-order valence-corrected chi connectivity index (χ2v) is 7.29. The molecule has 2 aromatic rings. The van der Waals surface area contributed by atoms with Crippen molar-refractivity contribution in [2.24, 2.45) is 5.16 Å². The fourth-order valence-corrected chi connectivity index (χ4v) is 2.34. The number of rotatable bonds is 7. The molecule has 1 N–H and O–H groups in total. The maximum absolute atomic E-state index is 12.4. The summed E-state index contributed by atoms with van der Waals surface area (Å²) in [7, 11) is 0. The first kappa shape index (κ1) is 23.3. The summed E-state index contributed by atoms with van der Waals surface area (Å²) in [6, 6.07) is 11.6. The number of alkyl halides is 3. The van der Waals surface area contributed by atoms with Gasteiger partial charge in [-0.05, 0) is 74.9 Å². The normalized spacial score (nSPS) is 12.3. The van der Waals surface area contributed by atoms with Crippen molar-refractivity contribution < 1.29 is 27.5 Å². The van der Waals surface area contributed by atoms with Gasteiger partial charge in [0.1, 0.15) is 5.75 Å². The van der Waals surface area contributed by atoms with E-state index in [4.69, 9.17) is 16.4 Å². The minimum Gasteiger partial charge on any atom is -0.406 e. The zero-order valence-corrected chi connectivity index (χ0v) is 17.3. The Kier molecular flexibility index (Phi) is 7.15. The molecule has 0 aliphatic heterocycles. The maximum atomic E-state index is 12.4. The van der Waals surface area contributed by atoms with Crippen LogP contribution in [-0.2, 0) is 4.84 Å². The molecule has 0 saturated heterocycles. The third kappa shape index (κ3) is 6.81. The number of nitrogens with zero attached hydrogens (tertiary/aromatic N) is 1. The van der Waals surface area contributed by atoms with Gasteiger partial charge >= 0.3 is 6.36 Å². The SMILES string of the molecule is C=C(O/N=C(\C)c1ccc(OC(F)(F)F)cc1)C(C)(C)NC(=O)c1ccc(Cl)cc1. The lowest BCUT2D eigenvalue weighted by atomic mass is 10.0. The Morgan fingerprint density at radius 3 is 2.10 bits per heavy atom. The highest BCUT2D eigenvalue weighted by molar-refractivity contribution is 6.30. The summed E-state index contributed by atoms with van der Waals surface area (Å²) in [5.41, 5.74) is 0.390. The van der Waals surface area contributed by atoms with E-state index in [0.29, 0.717) is 21.9 Å². The average Bonchev–Trinajstić information content (AvgIpc) is 2.65. The van der Waals surface area contributed by atoms with E-state index in [1.54, 1.807) is 45.0 Å². The predicted molar refractivity (Wildman–Crippen MR) is 109 cm³/mol. The average molecular weight is 441 g/mol. The number of oxime groups is 1. The second kappa shape index (κ2) is 9.21. The number of hydrogen-bond donors (Lipinski definition) is 1. The van der Waals surface area contributed by atoms with Crippen molar-refractivity contribution in [3.63, 3.8) is 0 Å². The molecule has 0 bridgehead atoms. The van der Waals surface area contributed by atoms with Crippen LogP contribution < -0.4 is 10.1 Å². The molecule has 9 heteroatoms. The first-order valence-electron chi connectivity index (χ1n) is 8.72. The van der Waals surface area contributed by atoms with E-state index in [0.717, 1.165) is 0 Å². The molecule has 2 rings (SSSR count). The molecule has 5 nitrogen and oxygen atoms in total. The number of carbonyl (C=O) groups excluding carboxylic acids is 1. The largest absolute Gasteiger partial charge is 0.573 e. The van der Waals surface area contributed by atoms with E-state index in [1.165, 1.54) is 24.3 Å². The minimum atomic E-state index is -4.76. The number of benzene rings is 2. The molecule has 0 spiro atoms. The van der Waals surface area contributed by atoms with Crippen LogP contribution in [0.2, 0.25) is 5.02 Å². The highest BCUT2D eigenvalue weighted by atomic mass is 35.5. The quantitative estimate of drug-likeness (QED) is 0.341. The maximum Gasteiger partial charge on any atom is 0.573 e. The lowest BCUT2D eigenvalue weighted by molar-refractivity contribution is -0.274. The second-order valence-electron chi connectivity index (χ2n) is 6.85. The van der Waals surface area contributed by atoms with Crippen LogP contribution in [0, 0.1) is 0 Å². The van der Waals surface area contributed by atoms with Crippen LogP contribution in [0.4, 0.5) is 13.2 Å². The van der Waals surface area contributed by atoms with E-state index < -0.39 is 11.9 Å². The lowest BCUT2D eigenvalue weighted by Gasteiger charge is -2.26. The summed E-state index contributed by atoms with van der Waals surface area (Å²) < 4.78 is 40.5. The summed E-state index contributed by atoms with van der Waals surface area (Å²) in [4.78, 5) is 17.7. The van der Waals surface area contributed by atoms with Gasteiger partial charge < -0.3 is 14.9 Å². The van der Waals surface area contributed by atoms with Gasteiger partial charge in [0.15, 0.2) is 5.76 Å². The molecule has 0 unspecified atom stereocenters. The van der Waals surface area contributed by atoms with Crippen molar-refractivity contribution in [1.29, 1.82) is 0 Å². The van der Waals surface area contributed by atoms with Gasteiger partial charge in [0, 0.05) is 10.6 Å². The van der Waals surface area contributed by atoms with Crippen molar-refractivity contribution in [3.8, 4) is 5.75 Å². The van der Waals surface area contributed by atoms with Gasteiger partial charge in [0.05, 0.1) is 11.3 Å². The van der Waals surface area contributed by atoms with Crippen LogP contribution in [0.25, 0.3) is 0 Å². The molecule has 2 aromatic carbocycles. The summed E-state index contributed by atoms with van der Waals surface area (Å²) in [5.74, 6) is -0.515. The molecular weight excluding hydrogens is 421 g/mol. The summed E-state index contributed by atoms with van der Waals surface area (Å²) in [6.07, 6.45) is -4.76. The van der Waals surface area contributed by atoms with E-state index in [-0.39, 0.29) is 17.4 Å². The van der Waals surface area contributed by atoms with Gasteiger partial charge in [-0.1, -0.05) is 23.3 Å². The van der Waals surface area contributed by atoms with E-state index in [1.807, 2.05) is 0 Å². The molecule has 0 saturated carbocycles. The number of hydrogen-bond acceptors (Lipinski definition) is 4. The Hall–Kier alpha value is -3.00. The standard InChI is InChI=1S/C21H20ClF3N2O3/c1-13(15-7-11-18(12-8-15)29-21(23,24)25)27-30-14(2)20(3,4)26-19(28)16-5-9-17(22)10-6-16/h5-12H,2H2,1,3-4H3,(H,26,28)/b27-13+. The number of carbonyl (C=O) groups is 1. The smallest absolute Gasteiger partial charge is 0.406 e. The van der Waals surface area contributed by atoms with Crippen molar-refractivity contribution in [1.82, 2.24) is 5.32 Å². The third-order valence-corrected chi connectivity index (χ3v) is 4.28. The molecule has 30 heavy (non-hydrogen) atoms. The molecular formula is C21H20ClF3N2O3. The van der Waals surface area contributed by atoms with Gasteiger partial charge in [0.25, 0.3) is 5.91 Å². The Bertz CT molecular complexity index is 937. The van der Waals surface area contributed by atoms with Crippen molar-refractivity contribution in [3.05, 3.63) is 77.0 Å². The van der Waals surface area contributed by atoms with Crippen LogP contribution in [0.1, 0.15) is 36.7 Å². The highest BCUT2D eigenvalue weighted by Gasteiger charge is 2.31. The summed E-state index contributed by atoms with van der Waals surface area (Å²) >= 11 is 5.82. The fraction of sp³-hybridized carbons (Fsp3) is 0.238. The van der Waals surface area contributed by atoms with Crippen LogP contribution >= 0.6 is 11.6 Å². The molecule has 0 atom stereocenters. The number of amides is 1. The molecule has 0 aliphatic rings. The van der Waals surface area contributed by atoms with Crippen LogP contribution in [0.3, 0.4) is 0 Å². The monoisotopic (exact) mass is 440 g/mol. The number of halogens is 4. The van der Waals surface area contributed by atoms with Crippen LogP contribution in [0.5, 0.6) is 5.75 Å². The first-order valence-corrected chi connectivity index (χ1v) is 9.10. The first-order chi connectivity index (χ1) is 13.9.